The molecule has 0 radical (unpaired) electrons. The number of hydrogen-bond donors (Lipinski definition) is 1. The highest BCUT2D eigenvalue weighted by molar-refractivity contribution is 5.95. The van der Waals surface area contributed by atoms with Crippen LogP contribution in [0.25, 0.3) is 22.3 Å². The number of anilines is 2. The second kappa shape index (κ2) is 8.87. The largest absolute Gasteiger partial charge is 0.495 e. The normalized spacial score (nSPS) is 13.8. The number of ether oxygens (including phenoxy) is 2. The minimum Gasteiger partial charge on any atom is -0.495 e. The molecule has 1 aromatic carbocycles. The first-order valence-electron chi connectivity index (χ1n) is 10.7. The predicted octanol–water partition coefficient (Wildman–Crippen LogP) is 3.25. The minimum atomic E-state index is -0.0369. The molecule has 4 heterocycles. The number of morpholine rings is 1. The van der Waals surface area contributed by atoms with E-state index in [0.29, 0.717) is 49.3 Å². The van der Waals surface area contributed by atoms with E-state index < -0.39 is 0 Å². The molecule has 1 saturated heterocycles. The molecule has 168 valence electrons. The molecule has 0 atom stereocenters. The van der Waals surface area contributed by atoms with Crippen LogP contribution < -0.4 is 10.1 Å². The molecule has 3 aromatic heterocycles. The van der Waals surface area contributed by atoms with E-state index in [4.69, 9.17) is 9.47 Å². The summed E-state index contributed by atoms with van der Waals surface area (Å²) < 4.78 is 12.8. The Kier molecular flexibility index (Phi) is 5.62. The highest BCUT2D eigenvalue weighted by Gasteiger charge is 2.20. The summed E-state index contributed by atoms with van der Waals surface area (Å²) in [5, 5.41) is 4.25. The molecule has 33 heavy (non-hydrogen) atoms. The van der Waals surface area contributed by atoms with E-state index in [1.54, 1.807) is 42.6 Å². The summed E-state index contributed by atoms with van der Waals surface area (Å²) in [4.78, 5) is 28.1. The molecular weight excluding hydrogens is 420 g/mol. The number of nitrogens with one attached hydrogen (secondary N) is 1. The summed E-state index contributed by atoms with van der Waals surface area (Å²) in [6, 6.07) is 11.2. The third-order valence-electron chi connectivity index (χ3n) is 5.65. The maximum absolute atomic E-state index is 12.8. The maximum atomic E-state index is 12.8. The molecule has 1 fully saturated rings. The van der Waals surface area contributed by atoms with Crippen molar-refractivity contribution in [2.75, 3.05) is 38.7 Å². The van der Waals surface area contributed by atoms with Crippen LogP contribution in [0.15, 0.2) is 55.0 Å². The van der Waals surface area contributed by atoms with Gasteiger partial charge in [-0.3, -0.25) is 4.79 Å². The minimum absolute atomic E-state index is 0.0369. The van der Waals surface area contributed by atoms with Gasteiger partial charge in [0.2, 0.25) is 5.95 Å². The number of aromatic nitrogens is 4. The van der Waals surface area contributed by atoms with E-state index in [0.717, 1.165) is 22.3 Å². The van der Waals surface area contributed by atoms with Crippen molar-refractivity contribution in [3.8, 4) is 17.0 Å². The van der Waals surface area contributed by atoms with Crippen LogP contribution in [0.2, 0.25) is 0 Å². The fraction of sp³-hybridized carbons (Fsp3) is 0.250. The van der Waals surface area contributed by atoms with Crippen molar-refractivity contribution < 1.29 is 14.3 Å². The number of pyridine rings is 1. The van der Waals surface area contributed by atoms with Crippen molar-refractivity contribution in [2.45, 2.75) is 0 Å². The third-order valence-corrected chi connectivity index (χ3v) is 5.65. The topological polar surface area (TPSA) is 94.4 Å². The SMILES string of the molecule is COc1cc(C(=O)N2CCOCC2)ccc1Nc1nccc(-c2cnc3c(ccn3C)c2)n1. The van der Waals surface area contributed by atoms with Crippen molar-refractivity contribution in [2.24, 2.45) is 7.05 Å². The summed E-state index contributed by atoms with van der Waals surface area (Å²) in [6.07, 6.45) is 5.48. The van der Waals surface area contributed by atoms with Gasteiger partial charge >= 0.3 is 0 Å². The molecule has 4 aromatic rings. The number of methoxy groups -OCH3 is 1. The molecule has 1 aliphatic heterocycles. The Morgan fingerprint density at radius 2 is 1.97 bits per heavy atom. The summed E-state index contributed by atoms with van der Waals surface area (Å²) in [7, 11) is 3.54. The van der Waals surface area contributed by atoms with Gasteiger partial charge in [-0.15, -0.1) is 0 Å². The van der Waals surface area contributed by atoms with Gasteiger partial charge in [0.1, 0.15) is 11.4 Å². The Morgan fingerprint density at radius 1 is 1.12 bits per heavy atom. The lowest BCUT2D eigenvalue weighted by Gasteiger charge is -2.27. The van der Waals surface area contributed by atoms with Gasteiger partial charge in [0.25, 0.3) is 5.91 Å². The molecule has 0 bridgehead atoms. The number of nitrogens with zero attached hydrogens (tertiary/aromatic N) is 5. The van der Waals surface area contributed by atoms with E-state index in [1.807, 2.05) is 29.9 Å². The lowest BCUT2D eigenvalue weighted by molar-refractivity contribution is 0.0302. The molecule has 5 rings (SSSR count). The molecule has 9 heteroatoms. The van der Waals surface area contributed by atoms with Gasteiger partial charge in [0.05, 0.1) is 31.7 Å². The van der Waals surface area contributed by atoms with E-state index in [-0.39, 0.29) is 5.91 Å². The first-order chi connectivity index (χ1) is 16.1. The van der Waals surface area contributed by atoms with Crippen molar-refractivity contribution in [3.63, 3.8) is 0 Å². The molecule has 9 nitrogen and oxygen atoms in total. The van der Waals surface area contributed by atoms with E-state index in [1.165, 1.54) is 0 Å². The standard InChI is InChI=1S/C24H24N6O3/c1-29-8-6-16-13-18(15-26-22(16)29)19-5-7-25-24(27-19)28-20-4-3-17(14-21(20)32-2)23(31)30-9-11-33-12-10-30/h3-8,13-15H,9-12H2,1-2H3,(H,25,27,28). The van der Waals surface area contributed by atoms with Crippen LogP contribution in [0.1, 0.15) is 10.4 Å². The average molecular weight is 444 g/mol. The molecule has 0 unspecified atom stereocenters. The molecule has 0 saturated carbocycles. The number of hydrogen-bond acceptors (Lipinski definition) is 7. The van der Waals surface area contributed by atoms with Crippen LogP contribution in [-0.4, -0.2) is 63.7 Å². The van der Waals surface area contributed by atoms with Gasteiger partial charge in [0.15, 0.2) is 0 Å². The lowest BCUT2D eigenvalue weighted by Crippen LogP contribution is -2.40. The lowest BCUT2D eigenvalue weighted by atomic mass is 10.1. The average Bonchev–Trinajstić information content (AvgIpc) is 3.24. The molecule has 1 N–H and O–H groups in total. The number of carbonyl (C=O) groups is 1. The monoisotopic (exact) mass is 444 g/mol. The summed E-state index contributed by atoms with van der Waals surface area (Å²) in [5.41, 5.74) is 3.81. The maximum Gasteiger partial charge on any atom is 0.254 e. The van der Waals surface area contributed by atoms with Crippen molar-refractivity contribution in [3.05, 3.63) is 60.6 Å². The van der Waals surface area contributed by atoms with Gasteiger partial charge in [-0.05, 0) is 36.4 Å². The number of carbonyl (C=O) groups excluding carboxylic acids is 1. The van der Waals surface area contributed by atoms with Crippen LogP contribution in [0.3, 0.4) is 0 Å². The summed E-state index contributed by atoms with van der Waals surface area (Å²) in [6.45, 7) is 2.29. The Hall–Kier alpha value is -3.98. The van der Waals surface area contributed by atoms with Crippen molar-refractivity contribution in [1.82, 2.24) is 24.4 Å². The number of benzene rings is 1. The van der Waals surface area contributed by atoms with Crippen LogP contribution in [0.5, 0.6) is 5.75 Å². The molecule has 0 aliphatic carbocycles. The molecule has 0 spiro atoms. The van der Waals surface area contributed by atoms with Gasteiger partial charge in [-0.25, -0.2) is 15.0 Å². The quantitative estimate of drug-likeness (QED) is 0.505. The number of rotatable bonds is 5. The first kappa shape index (κ1) is 20.9. The van der Waals surface area contributed by atoms with Crippen LogP contribution in [0.4, 0.5) is 11.6 Å². The molecule has 1 amide bonds. The van der Waals surface area contributed by atoms with E-state index >= 15 is 0 Å². The highest BCUT2D eigenvalue weighted by atomic mass is 16.5. The van der Waals surface area contributed by atoms with Crippen LogP contribution in [-0.2, 0) is 11.8 Å². The van der Waals surface area contributed by atoms with Crippen molar-refractivity contribution in [1.29, 1.82) is 0 Å². The Bertz CT molecular complexity index is 1310. The van der Waals surface area contributed by atoms with Crippen molar-refractivity contribution >= 4 is 28.6 Å². The summed E-state index contributed by atoms with van der Waals surface area (Å²) in [5.74, 6) is 0.923. The van der Waals surface area contributed by atoms with Crippen LogP contribution in [0, 0.1) is 0 Å². The van der Waals surface area contributed by atoms with E-state index in [9.17, 15) is 4.79 Å². The zero-order chi connectivity index (χ0) is 22.8. The second-order valence-electron chi connectivity index (χ2n) is 7.77. The number of amides is 1. The van der Waals surface area contributed by atoms with Gasteiger partial charge < -0.3 is 24.3 Å². The number of aryl methyl sites for hydroxylation is 1. The third kappa shape index (κ3) is 4.22. The molecular formula is C24H24N6O3. The molecule has 1 aliphatic rings. The fourth-order valence-electron chi connectivity index (χ4n) is 3.87. The smallest absolute Gasteiger partial charge is 0.254 e. The highest BCUT2D eigenvalue weighted by Crippen LogP contribution is 2.29. The summed E-state index contributed by atoms with van der Waals surface area (Å²) >= 11 is 0. The predicted molar refractivity (Wildman–Crippen MR) is 125 cm³/mol. The Morgan fingerprint density at radius 3 is 2.79 bits per heavy atom. The van der Waals surface area contributed by atoms with Crippen LogP contribution >= 0.6 is 0 Å². The van der Waals surface area contributed by atoms with Gasteiger partial charge in [0, 0.05) is 55.2 Å². The number of fused-ring (bicyclic) bond motifs is 1. The van der Waals surface area contributed by atoms with Gasteiger partial charge in [-0.1, -0.05) is 0 Å². The Labute approximate surface area is 191 Å². The van der Waals surface area contributed by atoms with E-state index in [2.05, 4.69) is 26.3 Å². The Balaban J connectivity index is 1.39. The second-order valence-corrected chi connectivity index (χ2v) is 7.77. The first-order valence-corrected chi connectivity index (χ1v) is 10.7. The zero-order valence-electron chi connectivity index (χ0n) is 18.5. The van der Waals surface area contributed by atoms with Gasteiger partial charge in [-0.2, -0.15) is 0 Å². The fourth-order valence-corrected chi connectivity index (χ4v) is 3.87. The zero-order valence-corrected chi connectivity index (χ0v) is 18.5.